The van der Waals surface area contributed by atoms with Crippen molar-refractivity contribution in [3.63, 3.8) is 0 Å². The van der Waals surface area contributed by atoms with Crippen LogP contribution in [0.25, 0.3) is 6.08 Å². The molecule has 2 aromatic rings. The Morgan fingerprint density at radius 3 is 2.65 bits per heavy atom. The number of hydrogen-bond acceptors (Lipinski definition) is 4. The lowest BCUT2D eigenvalue weighted by Gasteiger charge is -2.14. The molecule has 0 aromatic heterocycles. The van der Waals surface area contributed by atoms with Crippen LogP contribution in [0.2, 0.25) is 0 Å². The van der Waals surface area contributed by atoms with Gasteiger partial charge in [-0.05, 0) is 35.8 Å². The lowest BCUT2D eigenvalue weighted by Crippen LogP contribution is -2.30. The van der Waals surface area contributed by atoms with E-state index < -0.39 is 0 Å². The molecule has 1 aliphatic rings. The molecule has 0 aliphatic carbocycles. The maximum absolute atomic E-state index is 12.5. The van der Waals surface area contributed by atoms with E-state index in [-0.39, 0.29) is 11.7 Å². The highest BCUT2D eigenvalue weighted by Gasteiger charge is 2.31. The van der Waals surface area contributed by atoms with Crippen LogP contribution in [0.5, 0.6) is 5.75 Å². The molecule has 1 amide bonds. The van der Waals surface area contributed by atoms with Gasteiger partial charge in [0.25, 0.3) is 5.91 Å². The second-order valence-corrected chi connectivity index (χ2v) is 6.84. The highest BCUT2D eigenvalue weighted by Crippen LogP contribution is 2.33. The smallest absolute Gasteiger partial charge is 0.266 e. The van der Waals surface area contributed by atoms with Crippen molar-refractivity contribution in [2.75, 3.05) is 6.54 Å². The molecule has 1 aliphatic heterocycles. The first kappa shape index (κ1) is 15.8. The highest BCUT2D eigenvalue weighted by molar-refractivity contribution is 8.26. The second-order valence-electron chi connectivity index (χ2n) is 5.16. The molecule has 5 heteroatoms. The van der Waals surface area contributed by atoms with Crippen LogP contribution in [0.15, 0.2) is 59.5 Å². The maximum Gasteiger partial charge on any atom is 0.266 e. The number of aromatic hydroxyl groups is 1. The fourth-order valence-corrected chi connectivity index (χ4v) is 3.65. The van der Waals surface area contributed by atoms with E-state index in [0.717, 1.165) is 12.0 Å². The Morgan fingerprint density at radius 2 is 1.91 bits per heavy atom. The molecule has 0 spiro atoms. The largest absolute Gasteiger partial charge is 0.508 e. The molecule has 1 saturated heterocycles. The molecule has 3 rings (SSSR count). The van der Waals surface area contributed by atoms with Gasteiger partial charge in [-0.3, -0.25) is 9.69 Å². The zero-order valence-electron chi connectivity index (χ0n) is 12.3. The number of thiocarbonyl (C=S) groups is 1. The summed E-state index contributed by atoms with van der Waals surface area (Å²) in [6.07, 6.45) is 2.54. The van der Waals surface area contributed by atoms with Crippen molar-refractivity contribution in [3.05, 3.63) is 70.6 Å². The minimum atomic E-state index is -0.0701. The lowest BCUT2D eigenvalue weighted by atomic mass is 10.1. The van der Waals surface area contributed by atoms with Crippen LogP contribution in [-0.4, -0.2) is 26.8 Å². The summed E-state index contributed by atoms with van der Waals surface area (Å²) in [5, 5.41) is 9.51. The van der Waals surface area contributed by atoms with E-state index in [1.165, 1.54) is 17.3 Å². The van der Waals surface area contributed by atoms with Gasteiger partial charge in [-0.15, -0.1) is 0 Å². The van der Waals surface area contributed by atoms with E-state index in [2.05, 4.69) is 0 Å². The molecular formula is C18H15NO2S2. The molecule has 1 heterocycles. The number of benzene rings is 2. The zero-order chi connectivity index (χ0) is 16.2. The third-order valence-corrected chi connectivity index (χ3v) is 4.89. The third-order valence-electron chi connectivity index (χ3n) is 3.51. The van der Waals surface area contributed by atoms with Crippen molar-refractivity contribution >= 4 is 40.3 Å². The van der Waals surface area contributed by atoms with Gasteiger partial charge in [0.1, 0.15) is 10.1 Å². The Kier molecular flexibility index (Phi) is 4.79. The van der Waals surface area contributed by atoms with Crippen LogP contribution >= 0.6 is 24.0 Å². The van der Waals surface area contributed by atoms with Crippen LogP contribution in [0, 0.1) is 0 Å². The number of phenolic OH excluding ortho intramolecular Hbond substituents is 1. The molecule has 0 bridgehead atoms. The molecule has 2 aromatic carbocycles. The van der Waals surface area contributed by atoms with Gasteiger partial charge in [-0.2, -0.15) is 0 Å². The van der Waals surface area contributed by atoms with Crippen molar-refractivity contribution < 1.29 is 9.90 Å². The standard InChI is InChI=1S/C18H15NO2S2/c20-15-8-4-7-14(11-15)12-16-17(21)19(18(22)23-16)10-9-13-5-2-1-3-6-13/h1-8,11-12,20H,9-10H2/b16-12-. The maximum atomic E-state index is 12.5. The average Bonchev–Trinajstić information content (AvgIpc) is 2.80. The first-order chi connectivity index (χ1) is 11.1. The van der Waals surface area contributed by atoms with E-state index in [1.54, 1.807) is 29.2 Å². The fraction of sp³-hybridized carbons (Fsp3) is 0.111. The van der Waals surface area contributed by atoms with E-state index in [1.807, 2.05) is 36.4 Å². The summed E-state index contributed by atoms with van der Waals surface area (Å²) >= 11 is 6.63. The monoisotopic (exact) mass is 341 g/mol. The van der Waals surface area contributed by atoms with Crippen LogP contribution in [0.4, 0.5) is 0 Å². The molecule has 0 unspecified atom stereocenters. The zero-order valence-corrected chi connectivity index (χ0v) is 13.9. The summed E-state index contributed by atoms with van der Waals surface area (Å²) in [6.45, 7) is 0.575. The van der Waals surface area contributed by atoms with Gasteiger partial charge < -0.3 is 5.11 Å². The fourth-order valence-electron chi connectivity index (χ4n) is 2.34. The first-order valence-electron chi connectivity index (χ1n) is 7.22. The van der Waals surface area contributed by atoms with E-state index in [0.29, 0.717) is 15.8 Å². The third kappa shape index (κ3) is 3.81. The Hall–Kier alpha value is -2.11. The number of rotatable bonds is 4. The molecule has 0 radical (unpaired) electrons. The summed E-state index contributed by atoms with van der Waals surface area (Å²) in [7, 11) is 0. The van der Waals surface area contributed by atoms with Gasteiger partial charge in [-0.25, -0.2) is 0 Å². The molecule has 3 nitrogen and oxygen atoms in total. The van der Waals surface area contributed by atoms with Crippen LogP contribution in [0.1, 0.15) is 11.1 Å². The number of amides is 1. The minimum Gasteiger partial charge on any atom is -0.508 e. The number of phenols is 1. The summed E-state index contributed by atoms with van der Waals surface area (Å²) in [5.74, 6) is 0.109. The number of thioether (sulfide) groups is 1. The second kappa shape index (κ2) is 6.98. The van der Waals surface area contributed by atoms with Gasteiger partial charge in [0.2, 0.25) is 0 Å². The van der Waals surface area contributed by atoms with Gasteiger partial charge >= 0.3 is 0 Å². The van der Waals surface area contributed by atoms with Crippen molar-refractivity contribution in [2.24, 2.45) is 0 Å². The summed E-state index contributed by atoms with van der Waals surface area (Å²) in [5.41, 5.74) is 1.96. The van der Waals surface area contributed by atoms with Gasteiger partial charge in [0.15, 0.2) is 0 Å². The normalized spacial score (nSPS) is 16.3. The molecule has 1 fully saturated rings. The van der Waals surface area contributed by atoms with Gasteiger partial charge in [0.05, 0.1) is 4.91 Å². The van der Waals surface area contributed by atoms with Crippen LogP contribution in [0.3, 0.4) is 0 Å². The number of hydrogen-bond donors (Lipinski definition) is 1. The topological polar surface area (TPSA) is 40.5 Å². The minimum absolute atomic E-state index is 0.0701. The lowest BCUT2D eigenvalue weighted by molar-refractivity contribution is -0.122. The van der Waals surface area contributed by atoms with Crippen molar-refractivity contribution in [1.82, 2.24) is 4.90 Å². The van der Waals surface area contributed by atoms with Gasteiger partial charge in [0, 0.05) is 6.54 Å². The van der Waals surface area contributed by atoms with Crippen molar-refractivity contribution in [2.45, 2.75) is 6.42 Å². The number of carbonyl (C=O) groups excluding carboxylic acids is 1. The predicted octanol–water partition coefficient (Wildman–Crippen LogP) is 3.84. The quantitative estimate of drug-likeness (QED) is 0.678. The molecule has 0 atom stereocenters. The van der Waals surface area contributed by atoms with Crippen molar-refractivity contribution in [3.8, 4) is 5.75 Å². The molecule has 1 N–H and O–H groups in total. The van der Waals surface area contributed by atoms with E-state index in [4.69, 9.17) is 12.2 Å². The highest BCUT2D eigenvalue weighted by atomic mass is 32.2. The Labute approximate surface area is 144 Å². The van der Waals surface area contributed by atoms with Crippen molar-refractivity contribution in [1.29, 1.82) is 0 Å². The molecule has 0 saturated carbocycles. The molecule has 23 heavy (non-hydrogen) atoms. The van der Waals surface area contributed by atoms with E-state index in [9.17, 15) is 9.90 Å². The summed E-state index contributed by atoms with van der Waals surface area (Å²) in [4.78, 5) is 14.7. The Morgan fingerprint density at radius 1 is 1.13 bits per heavy atom. The van der Waals surface area contributed by atoms with Crippen LogP contribution < -0.4 is 0 Å². The van der Waals surface area contributed by atoms with Crippen LogP contribution in [-0.2, 0) is 11.2 Å². The van der Waals surface area contributed by atoms with E-state index >= 15 is 0 Å². The molecule has 116 valence electrons. The molecular weight excluding hydrogens is 326 g/mol. The Balaban J connectivity index is 1.72. The number of carbonyl (C=O) groups is 1. The number of nitrogens with zero attached hydrogens (tertiary/aromatic N) is 1. The predicted molar refractivity (Wildman–Crippen MR) is 98.1 cm³/mol. The van der Waals surface area contributed by atoms with Gasteiger partial charge in [-0.1, -0.05) is 66.4 Å². The summed E-state index contributed by atoms with van der Waals surface area (Å²) in [6, 6.07) is 16.8. The Bertz CT molecular complexity index is 772. The summed E-state index contributed by atoms with van der Waals surface area (Å²) < 4.78 is 0.581. The average molecular weight is 341 g/mol. The SMILES string of the molecule is O=C1/C(=C/c2cccc(O)c2)SC(=S)N1CCc1ccccc1. The first-order valence-corrected chi connectivity index (χ1v) is 8.44.